The van der Waals surface area contributed by atoms with Crippen molar-refractivity contribution in [1.82, 2.24) is 4.90 Å². The van der Waals surface area contributed by atoms with E-state index in [9.17, 15) is 4.79 Å². The second-order valence-electron chi connectivity index (χ2n) is 4.17. The van der Waals surface area contributed by atoms with Gasteiger partial charge in [0.05, 0.1) is 18.2 Å². The molecule has 0 radical (unpaired) electrons. The normalized spacial score (nSPS) is 27.4. The zero-order valence-electron chi connectivity index (χ0n) is 8.54. The number of ether oxygens (including phenoxy) is 1. The lowest BCUT2D eigenvalue weighted by atomic mass is 10.1. The van der Waals surface area contributed by atoms with Crippen LogP contribution in [0.4, 0.5) is 0 Å². The molecule has 4 heteroatoms. The van der Waals surface area contributed by atoms with Gasteiger partial charge in [-0.3, -0.25) is 4.79 Å². The number of nitrogens with two attached hydrogens (primary N) is 1. The Morgan fingerprint density at radius 2 is 2.31 bits per heavy atom. The molecule has 0 spiro atoms. The standard InChI is InChI=1S/C9H18N2O2/c1-7-5-11(8(12)4-10)6-9(2,3)13-7/h7H,4-6,10H2,1-3H3. The number of carbonyl (C=O) groups excluding carboxylic acids is 1. The van der Waals surface area contributed by atoms with Gasteiger partial charge in [0, 0.05) is 13.1 Å². The third-order valence-corrected chi connectivity index (χ3v) is 2.10. The first-order valence-corrected chi connectivity index (χ1v) is 4.60. The van der Waals surface area contributed by atoms with Crippen molar-refractivity contribution in [1.29, 1.82) is 0 Å². The Kier molecular flexibility index (Phi) is 2.93. The molecule has 1 atom stereocenters. The van der Waals surface area contributed by atoms with Crippen LogP contribution < -0.4 is 5.73 Å². The van der Waals surface area contributed by atoms with Crippen molar-refractivity contribution in [3.63, 3.8) is 0 Å². The minimum atomic E-state index is -0.248. The van der Waals surface area contributed by atoms with E-state index >= 15 is 0 Å². The summed E-state index contributed by atoms with van der Waals surface area (Å²) in [5.74, 6) is 0.00299. The molecule has 0 aromatic carbocycles. The third kappa shape index (κ3) is 2.67. The number of morpholine rings is 1. The Hall–Kier alpha value is -0.610. The molecule has 0 aromatic heterocycles. The second-order valence-corrected chi connectivity index (χ2v) is 4.17. The van der Waals surface area contributed by atoms with E-state index in [-0.39, 0.29) is 24.2 Å². The van der Waals surface area contributed by atoms with Crippen LogP contribution in [-0.4, -0.2) is 42.1 Å². The number of rotatable bonds is 1. The lowest BCUT2D eigenvalue weighted by Gasteiger charge is -2.41. The molecule has 1 saturated heterocycles. The molecule has 0 aliphatic carbocycles. The van der Waals surface area contributed by atoms with Crippen molar-refractivity contribution in [3.8, 4) is 0 Å². The van der Waals surface area contributed by atoms with Crippen LogP contribution >= 0.6 is 0 Å². The Morgan fingerprint density at radius 1 is 1.69 bits per heavy atom. The molecular weight excluding hydrogens is 168 g/mol. The van der Waals surface area contributed by atoms with Gasteiger partial charge in [-0.05, 0) is 20.8 Å². The summed E-state index contributed by atoms with van der Waals surface area (Å²) in [7, 11) is 0. The summed E-state index contributed by atoms with van der Waals surface area (Å²) in [6, 6.07) is 0. The number of hydrogen-bond donors (Lipinski definition) is 1. The van der Waals surface area contributed by atoms with Crippen LogP contribution in [0.2, 0.25) is 0 Å². The largest absolute Gasteiger partial charge is 0.369 e. The van der Waals surface area contributed by atoms with Crippen molar-refractivity contribution in [2.75, 3.05) is 19.6 Å². The Labute approximate surface area is 79.0 Å². The van der Waals surface area contributed by atoms with Crippen molar-refractivity contribution < 1.29 is 9.53 Å². The summed E-state index contributed by atoms with van der Waals surface area (Å²) in [5, 5.41) is 0. The van der Waals surface area contributed by atoms with E-state index in [0.717, 1.165) is 0 Å². The predicted octanol–water partition coefficient (Wildman–Crippen LogP) is -0.0290. The lowest BCUT2D eigenvalue weighted by Crippen LogP contribution is -2.55. The SMILES string of the molecule is CC1CN(C(=O)CN)CC(C)(C)O1. The summed E-state index contributed by atoms with van der Waals surface area (Å²) in [6.45, 7) is 7.31. The molecule has 13 heavy (non-hydrogen) atoms. The monoisotopic (exact) mass is 186 g/mol. The molecule has 0 saturated carbocycles. The molecule has 4 nitrogen and oxygen atoms in total. The minimum Gasteiger partial charge on any atom is -0.369 e. The zero-order valence-corrected chi connectivity index (χ0v) is 8.54. The average molecular weight is 186 g/mol. The second kappa shape index (κ2) is 3.64. The van der Waals surface area contributed by atoms with Gasteiger partial charge in [0.25, 0.3) is 0 Å². The van der Waals surface area contributed by atoms with E-state index in [4.69, 9.17) is 10.5 Å². The summed E-state index contributed by atoms with van der Waals surface area (Å²) >= 11 is 0. The molecule has 1 amide bonds. The van der Waals surface area contributed by atoms with Gasteiger partial charge in [-0.2, -0.15) is 0 Å². The van der Waals surface area contributed by atoms with Gasteiger partial charge in [0.15, 0.2) is 0 Å². The van der Waals surface area contributed by atoms with Gasteiger partial charge < -0.3 is 15.4 Å². The van der Waals surface area contributed by atoms with Crippen LogP contribution in [0, 0.1) is 0 Å². The van der Waals surface area contributed by atoms with E-state index in [1.54, 1.807) is 4.90 Å². The first-order valence-electron chi connectivity index (χ1n) is 4.60. The number of nitrogens with zero attached hydrogens (tertiary/aromatic N) is 1. The quantitative estimate of drug-likeness (QED) is 0.625. The maximum Gasteiger partial charge on any atom is 0.236 e. The van der Waals surface area contributed by atoms with Crippen LogP contribution in [0.15, 0.2) is 0 Å². The van der Waals surface area contributed by atoms with E-state index in [1.807, 2.05) is 20.8 Å². The van der Waals surface area contributed by atoms with Crippen LogP contribution in [0.5, 0.6) is 0 Å². The van der Waals surface area contributed by atoms with Gasteiger partial charge in [-0.15, -0.1) is 0 Å². The number of hydrogen-bond acceptors (Lipinski definition) is 3. The van der Waals surface area contributed by atoms with Crippen LogP contribution in [0.25, 0.3) is 0 Å². The molecule has 0 aromatic rings. The summed E-state index contributed by atoms with van der Waals surface area (Å²) < 4.78 is 5.66. The maximum atomic E-state index is 11.3. The van der Waals surface area contributed by atoms with Gasteiger partial charge >= 0.3 is 0 Å². The Balaban J connectivity index is 2.62. The molecule has 1 aliphatic heterocycles. The summed E-state index contributed by atoms with van der Waals surface area (Å²) in [5.41, 5.74) is 5.06. The zero-order chi connectivity index (χ0) is 10.1. The third-order valence-electron chi connectivity index (χ3n) is 2.10. The van der Waals surface area contributed by atoms with Gasteiger partial charge in [-0.1, -0.05) is 0 Å². The molecule has 1 heterocycles. The summed E-state index contributed by atoms with van der Waals surface area (Å²) in [6.07, 6.45) is 0.0965. The molecule has 2 N–H and O–H groups in total. The Morgan fingerprint density at radius 3 is 2.77 bits per heavy atom. The van der Waals surface area contributed by atoms with Crippen molar-refractivity contribution in [2.24, 2.45) is 5.73 Å². The maximum absolute atomic E-state index is 11.3. The first-order chi connectivity index (χ1) is 5.94. The van der Waals surface area contributed by atoms with E-state index < -0.39 is 0 Å². The number of amides is 1. The van der Waals surface area contributed by atoms with Crippen LogP contribution in [-0.2, 0) is 9.53 Å². The molecule has 1 fully saturated rings. The van der Waals surface area contributed by atoms with Crippen LogP contribution in [0.1, 0.15) is 20.8 Å². The highest BCUT2D eigenvalue weighted by Crippen LogP contribution is 2.20. The van der Waals surface area contributed by atoms with Crippen molar-refractivity contribution >= 4 is 5.91 Å². The van der Waals surface area contributed by atoms with Crippen LogP contribution in [0.3, 0.4) is 0 Å². The molecule has 76 valence electrons. The molecular formula is C9H18N2O2. The smallest absolute Gasteiger partial charge is 0.236 e. The molecule has 1 aliphatic rings. The van der Waals surface area contributed by atoms with Crippen molar-refractivity contribution in [2.45, 2.75) is 32.5 Å². The van der Waals surface area contributed by atoms with E-state index in [0.29, 0.717) is 13.1 Å². The topological polar surface area (TPSA) is 55.6 Å². The fourth-order valence-corrected chi connectivity index (χ4v) is 1.77. The van der Waals surface area contributed by atoms with Gasteiger partial charge in [-0.25, -0.2) is 0 Å². The summed E-state index contributed by atoms with van der Waals surface area (Å²) in [4.78, 5) is 13.1. The fourth-order valence-electron chi connectivity index (χ4n) is 1.77. The first kappa shape index (κ1) is 10.5. The van der Waals surface area contributed by atoms with Gasteiger partial charge in [0.1, 0.15) is 0 Å². The lowest BCUT2D eigenvalue weighted by molar-refractivity contribution is -0.156. The highest BCUT2D eigenvalue weighted by Gasteiger charge is 2.32. The highest BCUT2D eigenvalue weighted by atomic mass is 16.5. The van der Waals surface area contributed by atoms with Gasteiger partial charge in [0.2, 0.25) is 5.91 Å². The van der Waals surface area contributed by atoms with Crippen molar-refractivity contribution in [3.05, 3.63) is 0 Å². The minimum absolute atomic E-state index is 0.00299. The highest BCUT2D eigenvalue weighted by molar-refractivity contribution is 5.78. The molecule has 1 rings (SSSR count). The van der Waals surface area contributed by atoms with E-state index in [1.165, 1.54) is 0 Å². The Bertz CT molecular complexity index is 204. The average Bonchev–Trinajstić information content (AvgIpc) is 1.99. The predicted molar refractivity (Wildman–Crippen MR) is 50.3 cm³/mol. The number of carbonyl (C=O) groups is 1. The van der Waals surface area contributed by atoms with E-state index in [2.05, 4.69) is 0 Å². The molecule has 0 bridgehead atoms. The fraction of sp³-hybridized carbons (Fsp3) is 0.889. The molecule has 1 unspecified atom stereocenters.